The lowest BCUT2D eigenvalue weighted by atomic mass is 9.98. The van der Waals surface area contributed by atoms with E-state index >= 15 is 0 Å². The van der Waals surface area contributed by atoms with Gasteiger partial charge in [0.05, 0.1) is 29.8 Å². The lowest BCUT2D eigenvalue weighted by molar-refractivity contribution is -0.253. The van der Waals surface area contributed by atoms with Crippen LogP contribution in [-0.4, -0.2) is 49.3 Å². The number of aliphatic hydroxyl groups excluding tert-OH is 2. The molecule has 1 aliphatic heterocycles. The van der Waals surface area contributed by atoms with Crippen molar-refractivity contribution in [3.63, 3.8) is 0 Å². The van der Waals surface area contributed by atoms with Gasteiger partial charge in [-0.25, -0.2) is 8.42 Å². The Morgan fingerprint density at radius 1 is 0.860 bits per heavy atom. The maximum absolute atomic E-state index is 12.8. The molecule has 4 aromatic carbocycles. The van der Waals surface area contributed by atoms with E-state index in [2.05, 4.69) is 9.62 Å². The van der Waals surface area contributed by atoms with Gasteiger partial charge in [0, 0.05) is 30.3 Å². The SMILES string of the molecule is CC(C(O)c1ccccc1)N(C)CC1CC(c2ccc(CO)cc2)OC(c2ccc(NS(=O)(=O)c3ccccc3)cc2)O1. The van der Waals surface area contributed by atoms with E-state index in [-0.39, 0.29) is 29.8 Å². The monoisotopic (exact) mass is 602 g/mol. The summed E-state index contributed by atoms with van der Waals surface area (Å²) in [6.07, 6.45) is -1.23. The lowest BCUT2D eigenvalue weighted by Crippen LogP contribution is -2.43. The molecule has 4 aromatic rings. The molecule has 0 aromatic heterocycles. The molecule has 0 aliphatic carbocycles. The van der Waals surface area contributed by atoms with E-state index in [1.165, 1.54) is 0 Å². The molecule has 5 rings (SSSR count). The molecule has 226 valence electrons. The fourth-order valence-electron chi connectivity index (χ4n) is 5.21. The third-order valence-corrected chi connectivity index (χ3v) is 9.29. The molecular formula is C34H38N2O6S. The quantitative estimate of drug-likeness (QED) is 0.206. The van der Waals surface area contributed by atoms with Crippen molar-refractivity contribution < 1.29 is 28.1 Å². The summed E-state index contributed by atoms with van der Waals surface area (Å²) in [5.41, 5.74) is 3.84. The Kier molecular flexibility index (Phi) is 9.92. The van der Waals surface area contributed by atoms with Gasteiger partial charge >= 0.3 is 0 Å². The third-order valence-electron chi connectivity index (χ3n) is 7.89. The molecule has 0 saturated carbocycles. The molecule has 1 heterocycles. The molecule has 0 radical (unpaired) electrons. The second-order valence-electron chi connectivity index (χ2n) is 10.9. The van der Waals surface area contributed by atoms with Crippen molar-refractivity contribution in [2.75, 3.05) is 18.3 Å². The predicted octanol–water partition coefficient (Wildman–Crippen LogP) is 5.58. The summed E-state index contributed by atoms with van der Waals surface area (Å²) < 4.78 is 41.1. The van der Waals surface area contributed by atoms with Crippen LogP contribution >= 0.6 is 0 Å². The van der Waals surface area contributed by atoms with Crippen LogP contribution in [0.4, 0.5) is 5.69 Å². The Morgan fingerprint density at radius 3 is 2.09 bits per heavy atom. The number of hydrogen-bond donors (Lipinski definition) is 3. The maximum Gasteiger partial charge on any atom is 0.261 e. The van der Waals surface area contributed by atoms with Crippen molar-refractivity contribution >= 4 is 15.7 Å². The number of rotatable bonds is 11. The highest BCUT2D eigenvalue weighted by Gasteiger charge is 2.34. The van der Waals surface area contributed by atoms with E-state index in [0.717, 1.165) is 22.3 Å². The summed E-state index contributed by atoms with van der Waals surface area (Å²) in [5, 5.41) is 20.5. The molecule has 0 amide bonds. The minimum Gasteiger partial charge on any atom is -0.392 e. The van der Waals surface area contributed by atoms with Gasteiger partial charge < -0.3 is 19.7 Å². The molecular weight excluding hydrogens is 564 g/mol. The summed E-state index contributed by atoms with van der Waals surface area (Å²) in [6.45, 7) is 2.52. The summed E-state index contributed by atoms with van der Waals surface area (Å²) in [7, 11) is -1.74. The second kappa shape index (κ2) is 13.8. The van der Waals surface area contributed by atoms with Crippen LogP contribution in [0.1, 0.15) is 54.1 Å². The summed E-state index contributed by atoms with van der Waals surface area (Å²) >= 11 is 0. The molecule has 1 aliphatic rings. The molecule has 9 heteroatoms. The molecule has 5 atom stereocenters. The van der Waals surface area contributed by atoms with Gasteiger partial charge in [0.1, 0.15) is 0 Å². The molecule has 1 saturated heterocycles. The van der Waals surface area contributed by atoms with E-state index in [1.807, 2.05) is 68.6 Å². The number of benzene rings is 4. The molecule has 0 bridgehead atoms. The van der Waals surface area contributed by atoms with Gasteiger partial charge in [-0.3, -0.25) is 9.62 Å². The van der Waals surface area contributed by atoms with E-state index < -0.39 is 22.4 Å². The standard InChI is InChI=1S/C34H38N2O6S/c1-24(33(38)27-9-5-3-6-10-27)36(2)22-30-21-32(26-15-13-25(23-37)14-16-26)42-34(41-30)28-17-19-29(20-18-28)35-43(39,40)31-11-7-4-8-12-31/h3-20,24,30,32-35,37-38H,21-23H2,1-2H3. The first-order chi connectivity index (χ1) is 20.7. The normalized spacial score (nSPS) is 20.4. The van der Waals surface area contributed by atoms with Crippen molar-refractivity contribution in [2.24, 2.45) is 0 Å². The largest absolute Gasteiger partial charge is 0.392 e. The van der Waals surface area contributed by atoms with Crippen LogP contribution in [0.15, 0.2) is 114 Å². The molecule has 0 spiro atoms. The van der Waals surface area contributed by atoms with Gasteiger partial charge in [-0.2, -0.15) is 0 Å². The Hall–Kier alpha value is -3.57. The number of likely N-dealkylation sites (N-methyl/N-ethyl adjacent to an activating group) is 1. The highest BCUT2D eigenvalue weighted by molar-refractivity contribution is 7.92. The zero-order chi connectivity index (χ0) is 30.4. The molecule has 8 nitrogen and oxygen atoms in total. The second-order valence-corrected chi connectivity index (χ2v) is 12.6. The summed E-state index contributed by atoms with van der Waals surface area (Å²) in [6, 6.07) is 32.4. The van der Waals surface area contributed by atoms with Crippen LogP contribution in [0, 0.1) is 0 Å². The van der Waals surface area contributed by atoms with E-state index in [1.54, 1.807) is 54.6 Å². The average Bonchev–Trinajstić information content (AvgIpc) is 3.05. The van der Waals surface area contributed by atoms with Crippen LogP contribution in [0.2, 0.25) is 0 Å². The third kappa shape index (κ3) is 7.69. The Bertz CT molecular complexity index is 1550. The zero-order valence-corrected chi connectivity index (χ0v) is 25.1. The topological polar surface area (TPSA) is 108 Å². The van der Waals surface area contributed by atoms with E-state index in [9.17, 15) is 18.6 Å². The van der Waals surface area contributed by atoms with Gasteiger partial charge in [-0.05, 0) is 54.9 Å². The Labute approximate surface area is 253 Å². The van der Waals surface area contributed by atoms with Crippen LogP contribution in [0.25, 0.3) is 0 Å². The van der Waals surface area contributed by atoms with Crippen LogP contribution in [0.3, 0.4) is 0 Å². The first-order valence-electron chi connectivity index (χ1n) is 14.3. The highest BCUT2D eigenvalue weighted by Crippen LogP contribution is 2.39. The number of ether oxygens (including phenoxy) is 2. The van der Waals surface area contributed by atoms with Crippen molar-refractivity contribution in [2.45, 2.75) is 55.5 Å². The first-order valence-corrected chi connectivity index (χ1v) is 15.8. The highest BCUT2D eigenvalue weighted by atomic mass is 32.2. The summed E-state index contributed by atoms with van der Waals surface area (Å²) in [5.74, 6) is 0. The number of nitrogens with zero attached hydrogens (tertiary/aromatic N) is 1. The van der Waals surface area contributed by atoms with Crippen molar-refractivity contribution in [3.8, 4) is 0 Å². The van der Waals surface area contributed by atoms with Crippen molar-refractivity contribution in [3.05, 3.63) is 131 Å². The molecule has 43 heavy (non-hydrogen) atoms. The lowest BCUT2D eigenvalue weighted by Gasteiger charge is -2.39. The number of anilines is 1. The number of sulfonamides is 1. The Morgan fingerprint density at radius 2 is 1.47 bits per heavy atom. The predicted molar refractivity (Wildman–Crippen MR) is 166 cm³/mol. The molecule has 5 unspecified atom stereocenters. The average molecular weight is 603 g/mol. The van der Waals surface area contributed by atoms with E-state index in [4.69, 9.17) is 9.47 Å². The fraction of sp³-hybridized carbons (Fsp3) is 0.294. The van der Waals surface area contributed by atoms with Crippen LogP contribution in [-0.2, 0) is 26.1 Å². The van der Waals surface area contributed by atoms with Gasteiger partial charge in [-0.15, -0.1) is 0 Å². The van der Waals surface area contributed by atoms with Crippen molar-refractivity contribution in [1.29, 1.82) is 0 Å². The van der Waals surface area contributed by atoms with Gasteiger partial charge in [0.25, 0.3) is 10.0 Å². The number of aliphatic hydroxyl groups is 2. The van der Waals surface area contributed by atoms with Gasteiger partial charge in [-0.1, -0.05) is 84.9 Å². The van der Waals surface area contributed by atoms with E-state index in [0.29, 0.717) is 18.7 Å². The van der Waals surface area contributed by atoms with Crippen LogP contribution < -0.4 is 4.72 Å². The molecule has 1 fully saturated rings. The molecule has 3 N–H and O–H groups in total. The van der Waals surface area contributed by atoms with Gasteiger partial charge in [0.15, 0.2) is 6.29 Å². The fourth-order valence-corrected chi connectivity index (χ4v) is 6.29. The van der Waals surface area contributed by atoms with Gasteiger partial charge in [0.2, 0.25) is 0 Å². The minimum atomic E-state index is -3.72. The summed E-state index contributed by atoms with van der Waals surface area (Å²) in [4.78, 5) is 2.28. The number of hydrogen-bond acceptors (Lipinski definition) is 7. The first kappa shape index (κ1) is 30.9. The zero-order valence-electron chi connectivity index (χ0n) is 24.3. The van der Waals surface area contributed by atoms with Crippen LogP contribution in [0.5, 0.6) is 0 Å². The Balaban J connectivity index is 1.33. The number of nitrogens with one attached hydrogen (secondary N) is 1. The maximum atomic E-state index is 12.8. The minimum absolute atomic E-state index is 0.0348. The smallest absolute Gasteiger partial charge is 0.261 e. The van der Waals surface area contributed by atoms with Crippen molar-refractivity contribution in [1.82, 2.24) is 4.90 Å².